The van der Waals surface area contributed by atoms with E-state index in [1.54, 1.807) is 30.3 Å². The summed E-state index contributed by atoms with van der Waals surface area (Å²) in [6.07, 6.45) is 3.00. The Hall–Kier alpha value is -2.81. The summed E-state index contributed by atoms with van der Waals surface area (Å²) >= 11 is 0. The number of aromatic hydroxyl groups is 2. The molecule has 0 unspecified atom stereocenters. The molecule has 0 saturated heterocycles. The third kappa shape index (κ3) is 8.72. The molecule has 0 fully saturated rings. The van der Waals surface area contributed by atoms with Crippen LogP contribution >= 0.6 is 0 Å². The monoisotopic (exact) mass is 384 g/mol. The van der Waals surface area contributed by atoms with Crippen LogP contribution in [0.25, 0.3) is 0 Å². The number of phenolic OH excluding ortho intramolecular Hbond substituents is 2. The summed E-state index contributed by atoms with van der Waals surface area (Å²) in [6.45, 7) is 21.0. The molecule has 0 aliphatic rings. The van der Waals surface area contributed by atoms with Gasteiger partial charge in [0.05, 0.1) is 5.56 Å². The number of benzene rings is 2. The quantitative estimate of drug-likeness (QED) is 0.441. The SMILES string of the molecule is C=C.C=CC.CC(=O)c1cc(C(C)(C)c2ccc(O)cc2)ccc1O.CCC. The van der Waals surface area contributed by atoms with Crippen molar-refractivity contribution in [2.24, 2.45) is 0 Å². The summed E-state index contributed by atoms with van der Waals surface area (Å²) in [5.74, 6) is 0.0632. The number of carbonyl (C=O) groups excluding carboxylic acids is 1. The van der Waals surface area contributed by atoms with Crippen LogP contribution in [0.1, 0.15) is 69.4 Å². The van der Waals surface area contributed by atoms with Crippen molar-refractivity contribution < 1.29 is 15.0 Å². The molecule has 2 aromatic rings. The third-order valence-electron chi connectivity index (χ3n) is 3.69. The Kier molecular flexibility index (Phi) is 14.0. The van der Waals surface area contributed by atoms with E-state index in [1.165, 1.54) is 13.3 Å². The van der Waals surface area contributed by atoms with Crippen LogP contribution in [0.2, 0.25) is 0 Å². The van der Waals surface area contributed by atoms with Gasteiger partial charge in [-0.1, -0.05) is 58.4 Å². The van der Waals surface area contributed by atoms with Crippen LogP contribution in [0.4, 0.5) is 0 Å². The van der Waals surface area contributed by atoms with Crippen LogP contribution in [-0.4, -0.2) is 16.0 Å². The zero-order chi connectivity index (χ0) is 22.3. The van der Waals surface area contributed by atoms with E-state index in [-0.39, 0.29) is 22.7 Å². The lowest BCUT2D eigenvalue weighted by Crippen LogP contribution is -2.19. The Morgan fingerprint density at radius 3 is 1.79 bits per heavy atom. The van der Waals surface area contributed by atoms with Gasteiger partial charge in [-0.15, -0.1) is 19.7 Å². The van der Waals surface area contributed by atoms with Gasteiger partial charge in [-0.2, -0.15) is 0 Å². The molecule has 0 heterocycles. The molecule has 0 aromatic heterocycles. The van der Waals surface area contributed by atoms with Gasteiger partial charge in [0.1, 0.15) is 11.5 Å². The van der Waals surface area contributed by atoms with Gasteiger partial charge >= 0.3 is 0 Å². The van der Waals surface area contributed by atoms with Gasteiger partial charge in [0.2, 0.25) is 0 Å². The number of carbonyl (C=O) groups is 1. The predicted octanol–water partition coefficient (Wildman–Crippen LogP) is 7.04. The molecule has 154 valence electrons. The standard InChI is InChI=1S/C17H18O3.C3H8.C3H6.C2H4/c1-11(18)15-10-13(6-9-16(15)20)17(2,3)12-4-7-14(19)8-5-12;2*1-3-2;1-2/h4-10,19-20H,1-3H3;3H2,1-2H3;3H,1H2,2H3;1-2H2. The molecule has 0 bridgehead atoms. The van der Waals surface area contributed by atoms with Crippen molar-refractivity contribution in [3.8, 4) is 11.5 Å². The fraction of sp³-hybridized carbons (Fsp3) is 0.320. The van der Waals surface area contributed by atoms with Crippen LogP contribution in [0.5, 0.6) is 11.5 Å². The number of phenols is 2. The van der Waals surface area contributed by atoms with E-state index in [4.69, 9.17) is 0 Å². The van der Waals surface area contributed by atoms with E-state index in [0.717, 1.165) is 11.1 Å². The number of hydrogen-bond donors (Lipinski definition) is 2. The lowest BCUT2D eigenvalue weighted by atomic mass is 9.77. The van der Waals surface area contributed by atoms with Crippen LogP contribution in [0, 0.1) is 0 Å². The molecule has 0 radical (unpaired) electrons. The highest BCUT2D eigenvalue weighted by Crippen LogP contribution is 2.34. The molecule has 3 nitrogen and oxygen atoms in total. The molecule has 0 amide bonds. The molecular weight excluding hydrogens is 348 g/mol. The zero-order valence-corrected chi connectivity index (χ0v) is 18.2. The fourth-order valence-electron chi connectivity index (χ4n) is 2.25. The smallest absolute Gasteiger partial charge is 0.163 e. The average Bonchev–Trinajstić information content (AvgIpc) is 2.65. The Bertz CT molecular complexity index is 713. The molecule has 0 atom stereocenters. The maximum Gasteiger partial charge on any atom is 0.163 e. The highest BCUT2D eigenvalue weighted by atomic mass is 16.3. The van der Waals surface area contributed by atoms with E-state index in [1.807, 2.05) is 39.0 Å². The second-order valence-corrected chi connectivity index (χ2v) is 6.58. The molecule has 3 heteroatoms. The molecule has 0 saturated carbocycles. The Morgan fingerprint density at radius 2 is 1.39 bits per heavy atom. The summed E-state index contributed by atoms with van der Waals surface area (Å²) in [4.78, 5) is 11.5. The second-order valence-electron chi connectivity index (χ2n) is 6.58. The summed E-state index contributed by atoms with van der Waals surface area (Å²) in [7, 11) is 0. The minimum atomic E-state index is -0.328. The van der Waals surface area contributed by atoms with Crippen molar-refractivity contribution in [1.29, 1.82) is 0 Å². The van der Waals surface area contributed by atoms with E-state index >= 15 is 0 Å². The van der Waals surface area contributed by atoms with Crippen LogP contribution in [0.15, 0.2) is 68.3 Å². The van der Waals surface area contributed by atoms with Crippen molar-refractivity contribution in [3.63, 3.8) is 0 Å². The second kappa shape index (κ2) is 14.3. The highest BCUT2D eigenvalue weighted by molar-refractivity contribution is 5.96. The van der Waals surface area contributed by atoms with E-state index in [9.17, 15) is 15.0 Å². The van der Waals surface area contributed by atoms with Crippen molar-refractivity contribution >= 4 is 5.78 Å². The Labute approximate surface area is 171 Å². The first kappa shape index (κ1) is 27.4. The van der Waals surface area contributed by atoms with E-state index in [2.05, 4.69) is 33.6 Å². The van der Waals surface area contributed by atoms with Gasteiger partial charge in [-0.05, 0) is 49.2 Å². The summed E-state index contributed by atoms with van der Waals surface area (Å²) < 4.78 is 0. The molecule has 0 aliphatic heterocycles. The van der Waals surface area contributed by atoms with E-state index in [0.29, 0.717) is 5.56 Å². The summed E-state index contributed by atoms with van der Waals surface area (Å²) in [6, 6.07) is 12.1. The minimum Gasteiger partial charge on any atom is -0.508 e. The Balaban J connectivity index is 0. The highest BCUT2D eigenvalue weighted by Gasteiger charge is 2.24. The van der Waals surface area contributed by atoms with Gasteiger partial charge in [0, 0.05) is 5.41 Å². The molecule has 2 aromatic carbocycles. The van der Waals surface area contributed by atoms with Gasteiger partial charge in [0.15, 0.2) is 5.78 Å². The van der Waals surface area contributed by atoms with Crippen LogP contribution in [-0.2, 0) is 5.41 Å². The first-order valence-corrected chi connectivity index (χ1v) is 9.36. The number of ketones is 1. The lowest BCUT2D eigenvalue weighted by Gasteiger charge is -2.26. The molecule has 28 heavy (non-hydrogen) atoms. The first-order chi connectivity index (χ1) is 13.1. The predicted molar refractivity (Wildman–Crippen MR) is 121 cm³/mol. The largest absolute Gasteiger partial charge is 0.508 e. The molecule has 0 spiro atoms. The molecule has 0 aliphatic carbocycles. The lowest BCUT2D eigenvalue weighted by molar-refractivity contribution is 0.101. The molecule has 2 rings (SSSR count). The Morgan fingerprint density at radius 1 is 1.00 bits per heavy atom. The van der Waals surface area contributed by atoms with Crippen molar-refractivity contribution in [2.75, 3.05) is 0 Å². The number of hydrogen-bond acceptors (Lipinski definition) is 3. The van der Waals surface area contributed by atoms with Gasteiger partial charge in [-0.3, -0.25) is 4.79 Å². The first-order valence-electron chi connectivity index (χ1n) is 9.36. The zero-order valence-electron chi connectivity index (χ0n) is 18.2. The van der Waals surface area contributed by atoms with Gasteiger partial charge in [0.25, 0.3) is 0 Å². The van der Waals surface area contributed by atoms with Crippen molar-refractivity contribution in [1.82, 2.24) is 0 Å². The maximum absolute atomic E-state index is 11.5. The van der Waals surface area contributed by atoms with Gasteiger partial charge in [-0.25, -0.2) is 0 Å². The van der Waals surface area contributed by atoms with Crippen molar-refractivity contribution in [3.05, 3.63) is 85.0 Å². The normalized spacial score (nSPS) is 9.36. The van der Waals surface area contributed by atoms with Gasteiger partial charge < -0.3 is 10.2 Å². The van der Waals surface area contributed by atoms with Crippen LogP contribution in [0.3, 0.4) is 0 Å². The summed E-state index contributed by atoms with van der Waals surface area (Å²) in [5.41, 5.74) is 1.96. The van der Waals surface area contributed by atoms with Crippen LogP contribution < -0.4 is 0 Å². The number of Topliss-reactive ketones (excluding diaryl/α,β-unsaturated/α-hetero) is 1. The fourth-order valence-corrected chi connectivity index (χ4v) is 2.25. The molecular formula is C25H36O3. The van der Waals surface area contributed by atoms with Crippen molar-refractivity contribution in [2.45, 2.75) is 53.4 Å². The number of allylic oxidation sites excluding steroid dienone is 1. The third-order valence-corrected chi connectivity index (χ3v) is 3.69. The van der Waals surface area contributed by atoms with E-state index < -0.39 is 0 Å². The maximum atomic E-state index is 11.5. The average molecular weight is 385 g/mol. The number of rotatable bonds is 3. The molecule has 2 N–H and O–H groups in total. The topological polar surface area (TPSA) is 57.5 Å². The minimum absolute atomic E-state index is 0.00255. The summed E-state index contributed by atoms with van der Waals surface area (Å²) in [5, 5.41) is 19.1.